The van der Waals surface area contributed by atoms with E-state index in [0.29, 0.717) is 24.0 Å². The minimum Gasteiger partial charge on any atom is -0.478 e. The van der Waals surface area contributed by atoms with Crippen molar-refractivity contribution < 1.29 is 24.9 Å². The molecule has 0 aliphatic heterocycles. The second-order valence-electron chi connectivity index (χ2n) is 10.3. The van der Waals surface area contributed by atoms with Crippen LogP contribution < -0.4 is 0 Å². The topological polar surface area (TPSA) is 98.1 Å². The molecule has 3 N–H and O–H groups in total. The highest BCUT2D eigenvalue weighted by Crippen LogP contribution is 2.34. The van der Waals surface area contributed by atoms with Crippen LogP contribution in [0.1, 0.15) is 62.8 Å². The Labute approximate surface area is 216 Å². The molecule has 0 saturated carbocycles. The van der Waals surface area contributed by atoms with Crippen LogP contribution in [-0.4, -0.2) is 51.8 Å². The van der Waals surface area contributed by atoms with E-state index in [1.165, 1.54) is 11.1 Å². The van der Waals surface area contributed by atoms with Gasteiger partial charge in [-0.2, -0.15) is 0 Å². The third-order valence-corrected chi connectivity index (χ3v) is 5.69. The lowest BCUT2D eigenvalue weighted by Gasteiger charge is -2.32. The van der Waals surface area contributed by atoms with Crippen LogP contribution in [-0.2, 0) is 15.2 Å². The maximum atomic E-state index is 11.8. The molecule has 0 bridgehead atoms. The van der Waals surface area contributed by atoms with Gasteiger partial charge in [-0.1, -0.05) is 87.4 Å². The number of hydrogen-bond donors (Lipinski definition) is 3. The first-order chi connectivity index (χ1) is 16.8. The van der Waals surface area contributed by atoms with E-state index < -0.39 is 17.5 Å². The summed E-state index contributed by atoms with van der Waals surface area (Å²) in [6, 6.07) is 16.7. The fourth-order valence-corrected chi connectivity index (χ4v) is 4.10. The number of benzene rings is 2. The highest BCUT2D eigenvalue weighted by molar-refractivity contribution is 5.89. The van der Waals surface area contributed by atoms with E-state index in [4.69, 9.17) is 10.2 Å². The predicted octanol–water partition coefficient (Wildman–Crippen LogP) is 5.65. The number of aliphatic carboxylic acids is 2. The summed E-state index contributed by atoms with van der Waals surface area (Å²) in [5.41, 5.74) is 3.47. The summed E-state index contributed by atoms with van der Waals surface area (Å²) in [5, 5.41) is 27.4. The normalized spacial score (nSPS) is 11.7. The summed E-state index contributed by atoms with van der Waals surface area (Å²) >= 11 is 0. The first kappa shape index (κ1) is 31.1. The molecule has 0 aliphatic carbocycles. The fourth-order valence-electron chi connectivity index (χ4n) is 4.10. The molecule has 0 amide bonds. The quantitative estimate of drug-likeness (QED) is 0.328. The molecule has 36 heavy (non-hydrogen) atoms. The second-order valence-corrected chi connectivity index (χ2v) is 10.3. The zero-order valence-electron chi connectivity index (χ0n) is 22.6. The van der Waals surface area contributed by atoms with Gasteiger partial charge in [-0.15, -0.1) is 0 Å². The van der Waals surface area contributed by atoms with Gasteiger partial charge in [-0.25, -0.2) is 9.59 Å². The van der Waals surface area contributed by atoms with Crippen molar-refractivity contribution >= 4 is 11.9 Å². The van der Waals surface area contributed by atoms with Gasteiger partial charge in [0, 0.05) is 25.2 Å². The highest BCUT2D eigenvalue weighted by Gasteiger charge is 2.31. The van der Waals surface area contributed by atoms with Crippen molar-refractivity contribution in [2.45, 2.75) is 60.0 Å². The summed E-state index contributed by atoms with van der Waals surface area (Å²) < 4.78 is 0. The number of hydrogen-bond acceptors (Lipinski definition) is 4. The summed E-state index contributed by atoms with van der Waals surface area (Å²) in [5.74, 6) is -1.20. The van der Waals surface area contributed by atoms with Gasteiger partial charge >= 0.3 is 11.9 Å². The zero-order valence-corrected chi connectivity index (χ0v) is 22.6. The first-order valence-electron chi connectivity index (χ1n) is 12.6. The molecular weight excluding hydrogens is 454 g/mol. The monoisotopic (exact) mass is 497 g/mol. The molecule has 0 heterocycles. The Hall–Kier alpha value is -2.96. The maximum absolute atomic E-state index is 11.8. The van der Waals surface area contributed by atoms with Crippen LogP contribution in [0.25, 0.3) is 0 Å². The van der Waals surface area contributed by atoms with Crippen LogP contribution in [0.2, 0.25) is 0 Å². The maximum Gasteiger partial charge on any atom is 0.328 e. The summed E-state index contributed by atoms with van der Waals surface area (Å²) in [4.78, 5) is 21.7. The van der Waals surface area contributed by atoms with Gasteiger partial charge in [0.2, 0.25) is 0 Å². The van der Waals surface area contributed by atoms with Gasteiger partial charge in [0.25, 0.3) is 0 Å². The molecule has 2 rings (SSSR count). The molecule has 6 nitrogen and oxygen atoms in total. The lowest BCUT2D eigenvalue weighted by atomic mass is 9.82. The molecule has 6 heteroatoms. The van der Waals surface area contributed by atoms with Crippen molar-refractivity contribution in [3.63, 3.8) is 0 Å². The third kappa shape index (κ3) is 11.6. The lowest BCUT2D eigenvalue weighted by molar-refractivity contribution is -0.134. The van der Waals surface area contributed by atoms with Crippen LogP contribution in [0.15, 0.2) is 60.7 Å². The summed E-state index contributed by atoms with van der Waals surface area (Å²) in [6.07, 6.45) is 2.81. The molecule has 0 saturated heterocycles. The number of aryl methyl sites for hydroxylation is 2. The van der Waals surface area contributed by atoms with E-state index in [0.717, 1.165) is 43.6 Å². The largest absolute Gasteiger partial charge is 0.478 e. The van der Waals surface area contributed by atoms with Gasteiger partial charge in [-0.3, -0.25) is 0 Å². The smallest absolute Gasteiger partial charge is 0.328 e. The van der Waals surface area contributed by atoms with Gasteiger partial charge in [-0.05, 0) is 56.2 Å². The fraction of sp³-hybridized carbons (Fsp3) is 0.467. The van der Waals surface area contributed by atoms with Crippen molar-refractivity contribution in [2.24, 2.45) is 11.8 Å². The summed E-state index contributed by atoms with van der Waals surface area (Å²) in [6.45, 7) is 16.6. The van der Waals surface area contributed by atoms with E-state index in [-0.39, 0.29) is 0 Å². The van der Waals surface area contributed by atoms with Crippen LogP contribution in [0, 0.1) is 25.7 Å². The number of aliphatic hydroxyl groups is 1. The average molecular weight is 498 g/mol. The second kappa shape index (κ2) is 15.2. The molecule has 0 aromatic heterocycles. The van der Waals surface area contributed by atoms with Crippen LogP contribution in [0.5, 0.6) is 0 Å². The predicted molar refractivity (Wildman–Crippen MR) is 145 cm³/mol. The zero-order chi connectivity index (χ0) is 27.3. The molecule has 0 radical (unpaired) electrons. The minimum atomic E-state index is -1.26. The Balaban J connectivity index is 0.000000697. The molecule has 0 unspecified atom stereocenters. The molecule has 0 fully saturated rings. The Bertz CT molecular complexity index is 890. The standard InChI is InChI=1S/C26H39NO.C4H4O4/c1-20(2)18-27(19-21(3)4)17-7-16-26(28,24-12-8-22(5)9-13-24)25-14-10-23(6)11-15-25;5-3(6)1-2-4(7)8/h8-15,20-21,28H,7,16-19H2,1-6H3;1-2H,(H,5,6)(H,7,8). The van der Waals surface area contributed by atoms with E-state index >= 15 is 0 Å². The van der Waals surface area contributed by atoms with Crippen molar-refractivity contribution in [3.05, 3.63) is 82.9 Å². The SMILES string of the molecule is Cc1ccc(C(O)(CCCN(CC(C)C)CC(C)C)c2ccc(C)cc2)cc1.O=C(O)C=CC(=O)O. The molecule has 0 atom stereocenters. The van der Waals surface area contributed by atoms with Gasteiger partial charge in [0.15, 0.2) is 0 Å². The highest BCUT2D eigenvalue weighted by atomic mass is 16.4. The number of rotatable bonds is 12. The van der Waals surface area contributed by atoms with Crippen molar-refractivity contribution in [2.75, 3.05) is 19.6 Å². The van der Waals surface area contributed by atoms with Gasteiger partial charge in [0.05, 0.1) is 0 Å². The Morgan fingerprint density at radius 3 is 1.44 bits per heavy atom. The first-order valence-corrected chi connectivity index (χ1v) is 12.6. The summed E-state index contributed by atoms with van der Waals surface area (Å²) in [7, 11) is 0. The lowest BCUT2D eigenvalue weighted by Crippen LogP contribution is -2.34. The minimum absolute atomic E-state index is 0.558. The molecule has 198 valence electrons. The molecule has 0 aliphatic rings. The Morgan fingerprint density at radius 1 is 0.778 bits per heavy atom. The molecule has 2 aromatic carbocycles. The molecular formula is C30H43NO5. The molecule has 2 aromatic rings. The number of carboxylic acid groups (broad SMARTS) is 2. The Morgan fingerprint density at radius 2 is 1.14 bits per heavy atom. The van der Waals surface area contributed by atoms with Crippen LogP contribution in [0.4, 0.5) is 0 Å². The van der Waals surface area contributed by atoms with Gasteiger partial charge in [0.1, 0.15) is 5.60 Å². The van der Waals surface area contributed by atoms with Crippen LogP contribution >= 0.6 is 0 Å². The third-order valence-electron chi connectivity index (χ3n) is 5.69. The number of carbonyl (C=O) groups is 2. The molecule has 0 spiro atoms. The van der Waals surface area contributed by atoms with Crippen LogP contribution in [0.3, 0.4) is 0 Å². The van der Waals surface area contributed by atoms with Crippen molar-refractivity contribution in [3.8, 4) is 0 Å². The average Bonchev–Trinajstić information content (AvgIpc) is 2.78. The van der Waals surface area contributed by atoms with Crippen molar-refractivity contribution in [1.82, 2.24) is 4.90 Å². The number of nitrogens with zero attached hydrogens (tertiary/aromatic N) is 1. The number of carboxylic acids is 2. The van der Waals surface area contributed by atoms with E-state index in [1.54, 1.807) is 0 Å². The van der Waals surface area contributed by atoms with E-state index in [1.807, 2.05) is 0 Å². The Kier molecular flexibility index (Phi) is 13.1. The van der Waals surface area contributed by atoms with Crippen molar-refractivity contribution in [1.29, 1.82) is 0 Å². The van der Waals surface area contributed by atoms with E-state index in [9.17, 15) is 14.7 Å². The van der Waals surface area contributed by atoms with E-state index in [2.05, 4.69) is 95.0 Å². The van der Waals surface area contributed by atoms with Gasteiger partial charge < -0.3 is 20.2 Å².